The van der Waals surface area contributed by atoms with Crippen LogP contribution >= 0.6 is 0 Å². The van der Waals surface area contributed by atoms with E-state index in [1.165, 1.54) is 6.07 Å². The highest BCUT2D eigenvalue weighted by Crippen LogP contribution is 2.16. The number of aliphatic hydroxyl groups is 1. The van der Waals surface area contributed by atoms with Crippen LogP contribution in [-0.4, -0.2) is 42.6 Å². The smallest absolute Gasteiger partial charge is 0.237 e. The Balaban J connectivity index is 1.97. The Kier molecular flexibility index (Phi) is 6.61. The molecule has 2 aromatic rings. The van der Waals surface area contributed by atoms with Crippen LogP contribution in [0, 0.1) is 11.6 Å². The average Bonchev–Trinajstić information content (AvgIpc) is 2.60. The number of carbonyl (C=O) groups is 1. The third-order valence-electron chi connectivity index (χ3n) is 4.00. The van der Waals surface area contributed by atoms with Crippen molar-refractivity contribution in [3.8, 4) is 0 Å². The maximum absolute atomic E-state index is 13.2. The molecule has 2 atom stereocenters. The number of nitrogens with one attached hydrogen (secondary N) is 1. The van der Waals surface area contributed by atoms with Gasteiger partial charge in [-0.15, -0.1) is 0 Å². The molecular weight excluding hydrogens is 326 g/mol. The van der Waals surface area contributed by atoms with Crippen molar-refractivity contribution in [2.24, 2.45) is 0 Å². The molecule has 2 aromatic carbocycles. The summed E-state index contributed by atoms with van der Waals surface area (Å²) in [7, 11) is 3.61. The van der Waals surface area contributed by atoms with Gasteiger partial charge in [0.25, 0.3) is 0 Å². The fraction of sp³-hybridized carbons (Fsp3) is 0.316. The van der Waals surface area contributed by atoms with E-state index in [9.17, 15) is 18.7 Å². The Morgan fingerprint density at radius 1 is 1.12 bits per heavy atom. The first-order chi connectivity index (χ1) is 11.9. The lowest BCUT2D eigenvalue weighted by atomic mass is 10.0. The number of carbonyl (C=O) groups excluding carboxylic acids is 1. The summed E-state index contributed by atoms with van der Waals surface area (Å²) in [4.78, 5) is 14.2. The maximum Gasteiger partial charge on any atom is 0.237 e. The van der Waals surface area contributed by atoms with E-state index >= 15 is 0 Å². The quantitative estimate of drug-likeness (QED) is 0.807. The van der Waals surface area contributed by atoms with E-state index < -0.39 is 23.8 Å². The van der Waals surface area contributed by atoms with Gasteiger partial charge in [0.15, 0.2) is 11.6 Å². The Morgan fingerprint density at radius 2 is 1.80 bits per heavy atom. The number of likely N-dealkylation sites (N-methyl/N-ethyl adjacent to an activating group) is 1. The van der Waals surface area contributed by atoms with Gasteiger partial charge in [-0.05, 0) is 43.8 Å². The summed E-state index contributed by atoms with van der Waals surface area (Å²) in [5, 5.41) is 12.7. The van der Waals surface area contributed by atoms with E-state index in [1.807, 2.05) is 30.3 Å². The summed E-state index contributed by atoms with van der Waals surface area (Å²) < 4.78 is 26.2. The van der Waals surface area contributed by atoms with E-state index in [0.29, 0.717) is 6.42 Å². The van der Waals surface area contributed by atoms with Crippen LogP contribution < -0.4 is 5.32 Å². The lowest BCUT2D eigenvalue weighted by Crippen LogP contribution is -2.45. The van der Waals surface area contributed by atoms with Crippen molar-refractivity contribution in [2.45, 2.75) is 18.6 Å². The molecule has 0 unspecified atom stereocenters. The van der Waals surface area contributed by atoms with Crippen LogP contribution in [0.15, 0.2) is 48.5 Å². The number of nitrogens with zero attached hydrogens (tertiary/aromatic N) is 1. The molecule has 2 N–H and O–H groups in total. The van der Waals surface area contributed by atoms with Crippen LogP contribution in [0.2, 0.25) is 0 Å². The van der Waals surface area contributed by atoms with Crippen LogP contribution in [0.3, 0.4) is 0 Å². The van der Waals surface area contributed by atoms with Gasteiger partial charge in [0.05, 0.1) is 12.1 Å². The molecule has 25 heavy (non-hydrogen) atoms. The molecule has 0 saturated carbocycles. The first-order valence-electron chi connectivity index (χ1n) is 7.99. The first kappa shape index (κ1) is 19.0. The predicted octanol–water partition coefficient (Wildman–Crippen LogP) is 2.29. The van der Waals surface area contributed by atoms with Gasteiger partial charge in [0, 0.05) is 6.54 Å². The maximum atomic E-state index is 13.2. The standard InChI is InChI=1S/C19H22F2N2O2/c1-23(2)17(10-13-6-4-3-5-7-13)19(25)22-12-18(24)14-8-9-15(20)16(21)11-14/h3-9,11,17-18,24H,10,12H2,1-2H3,(H,22,25)/t17-,18+/m0/s1. The molecule has 0 saturated heterocycles. The number of hydrogen-bond donors (Lipinski definition) is 2. The van der Waals surface area contributed by atoms with E-state index in [0.717, 1.165) is 17.7 Å². The van der Waals surface area contributed by atoms with Crippen LogP contribution in [-0.2, 0) is 11.2 Å². The number of halogens is 2. The van der Waals surface area contributed by atoms with Crippen molar-refractivity contribution >= 4 is 5.91 Å². The van der Waals surface area contributed by atoms with Crippen molar-refractivity contribution in [3.63, 3.8) is 0 Å². The molecule has 0 heterocycles. The highest BCUT2D eigenvalue weighted by molar-refractivity contribution is 5.82. The molecule has 0 aromatic heterocycles. The Labute approximate surface area is 146 Å². The highest BCUT2D eigenvalue weighted by atomic mass is 19.2. The molecule has 4 nitrogen and oxygen atoms in total. The summed E-state index contributed by atoms with van der Waals surface area (Å²) >= 11 is 0. The second-order valence-corrected chi connectivity index (χ2v) is 6.10. The normalized spacial score (nSPS) is 13.5. The van der Waals surface area contributed by atoms with Crippen LogP contribution in [0.25, 0.3) is 0 Å². The lowest BCUT2D eigenvalue weighted by molar-refractivity contribution is -0.126. The van der Waals surface area contributed by atoms with Gasteiger partial charge < -0.3 is 10.4 Å². The Morgan fingerprint density at radius 3 is 2.40 bits per heavy atom. The van der Waals surface area contributed by atoms with E-state index in [4.69, 9.17) is 0 Å². The SMILES string of the molecule is CN(C)[C@@H](Cc1ccccc1)C(=O)NC[C@@H](O)c1ccc(F)c(F)c1. The van der Waals surface area contributed by atoms with Gasteiger partial charge in [-0.25, -0.2) is 8.78 Å². The zero-order valence-corrected chi connectivity index (χ0v) is 14.2. The third kappa shape index (κ3) is 5.34. The zero-order valence-electron chi connectivity index (χ0n) is 14.2. The molecule has 2 rings (SSSR count). The van der Waals surface area contributed by atoms with Crippen molar-refractivity contribution in [1.29, 1.82) is 0 Å². The van der Waals surface area contributed by atoms with E-state index in [-0.39, 0.29) is 18.0 Å². The summed E-state index contributed by atoms with van der Waals surface area (Å²) in [5.41, 5.74) is 1.24. The van der Waals surface area contributed by atoms with Gasteiger partial charge in [-0.2, -0.15) is 0 Å². The molecule has 134 valence electrons. The number of amides is 1. The van der Waals surface area contributed by atoms with Crippen molar-refractivity contribution < 1.29 is 18.7 Å². The topological polar surface area (TPSA) is 52.6 Å². The third-order valence-corrected chi connectivity index (χ3v) is 4.00. The molecule has 0 aliphatic heterocycles. The van der Waals surface area contributed by atoms with Crippen molar-refractivity contribution in [3.05, 3.63) is 71.3 Å². The molecular formula is C19H22F2N2O2. The molecule has 0 spiro atoms. The van der Waals surface area contributed by atoms with Crippen molar-refractivity contribution in [1.82, 2.24) is 10.2 Å². The zero-order chi connectivity index (χ0) is 18.4. The van der Waals surface area contributed by atoms with Crippen LogP contribution in [0.5, 0.6) is 0 Å². The molecule has 0 fully saturated rings. The summed E-state index contributed by atoms with van der Waals surface area (Å²) in [5.74, 6) is -2.25. The lowest BCUT2D eigenvalue weighted by Gasteiger charge is -2.24. The molecule has 0 radical (unpaired) electrons. The Bertz CT molecular complexity index is 708. The van der Waals surface area contributed by atoms with Gasteiger partial charge in [-0.1, -0.05) is 36.4 Å². The van der Waals surface area contributed by atoms with E-state index in [2.05, 4.69) is 5.32 Å². The molecule has 0 bridgehead atoms. The number of benzene rings is 2. The summed E-state index contributed by atoms with van der Waals surface area (Å²) in [6, 6.07) is 12.4. The van der Waals surface area contributed by atoms with Gasteiger partial charge in [-0.3, -0.25) is 9.69 Å². The molecule has 0 aliphatic carbocycles. The summed E-state index contributed by atoms with van der Waals surface area (Å²) in [6.45, 7) is -0.0803. The first-order valence-corrected chi connectivity index (χ1v) is 7.99. The van der Waals surface area contributed by atoms with Gasteiger partial charge >= 0.3 is 0 Å². The minimum absolute atomic E-state index is 0.0803. The number of hydrogen-bond acceptors (Lipinski definition) is 3. The molecule has 0 aliphatic rings. The number of rotatable bonds is 7. The average molecular weight is 348 g/mol. The largest absolute Gasteiger partial charge is 0.387 e. The second kappa shape index (κ2) is 8.69. The van der Waals surface area contributed by atoms with E-state index in [1.54, 1.807) is 19.0 Å². The minimum atomic E-state index is -1.11. The number of aliphatic hydroxyl groups excluding tert-OH is 1. The predicted molar refractivity (Wildman–Crippen MR) is 91.9 cm³/mol. The molecule has 1 amide bonds. The monoisotopic (exact) mass is 348 g/mol. The van der Waals surface area contributed by atoms with Crippen molar-refractivity contribution in [2.75, 3.05) is 20.6 Å². The molecule has 6 heteroatoms. The van der Waals surface area contributed by atoms with Crippen LogP contribution in [0.4, 0.5) is 8.78 Å². The fourth-order valence-corrected chi connectivity index (χ4v) is 2.50. The highest BCUT2D eigenvalue weighted by Gasteiger charge is 2.22. The van der Waals surface area contributed by atoms with Gasteiger partial charge in [0.1, 0.15) is 0 Å². The van der Waals surface area contributed by atoms with Gasteiger partial charge in [0.2, 0.25) is 5.91 Å². The summed E-state index contributed by atoms with van der Waals surface area (Å²) in [6.07, 6.45) is -0.584. The van der Waals surface area contributed by atoms with Crippen LogP contribution in [0.1, 0.15) is 17.2 Å². The second-order valence-electron chi connectivity index (χ2n) is 6.10. The minimum Gasteiger partial charge on any atom is -0.387 e. The fourth-order valence-electron chi connectivity index (χ4n) is 2.50. The Hall–Kier alpha value is -2.31.